The van der Waals surface area contributed by atoms with Crippen LogP contribution in [-0.2, 0) is 0 Å². The van der Waals surface area contributed by atoms with Crippen LogP contribution in [0.4, 0.5) is 0 Å². The molecule has 15 heavy (non-hydrogen) atoms. The van der Waals surface area contributed by atoms with Crippen LogP contribution in [-0.4, -0.2) is 5.11 Å². The molecule has 1 N–H and O–H groups in total. The maximum Gasteiger partial charge on any atom is 0.190 e. The minimum absolute atomic E-state index is 0.241. The molecule has 0 amide bonds. The fourth-order valence-corrected chi connectivity index (χ4v) is 1.44. The molecule has 0 aliphatic carbocycles. The fraction of sp³-hybridized carbons (Fsp3) is 0.0833. The van der Waals surface area contributed by atoms with Crippen molar-refractivity contribution < 1.29 is 9.84 Å². The molecule has 0 aliphatic rings. The van der Waals surface area contributed by atoms with E-state index in [1.54, 1.807) is 25.1 Å². The Balaban J connectivity index is 2.45. The number of aryl methyl sites for hydroxylation is 1. The van der Waals surface area contributed by atoms with Gasteiger partial charge in [-0.1, -0.05) is 12.1 Å². The summed E-state index contributed by atoms with van der Waals surface area (Å²) < 4.78 is 0.823. The maximum atomic E-state index is 11.1. The highest BCUT2D eigenvalue weighted by Crippen LogP contribution is 2.21. The molecule has 0 radical (unpaired) electrons. The van der Waals surface area contributed by atoms with Crippen LogP contribution in [0.5, 0.6) is 5.75 Å². The molecule has 2 aromatic rings. The predicted molar refractivity (Wildman–Crippen MR) is 57.2 cm³/mol. The van der Waals surface area contributed by atoms with Gasteiger partial charge in [-0.15, -0.1) is 0 Å². The van der Waals surface area contributed by atoms with E-state index in [0.717, 1.165) is 15.9 Å². The molecule has 0 spiro atoms. The molecule has 2 rings (SSSR count). The first-order chi connectivity index (χ1) is 7.16. The molecule has 0 unspecified atom stereocenters. The number of hydrogen-bond acceptors (Lipinski definition) is 2. The molecule has 0 atom stereocenters. The first-order valence-corrected chi connectivity index (χ1v) is 4.66. The molecule has 1 aromatic heterocycles. The molecule has 1 heterocycles. The lowest BCUT2D eigenvalue weighted by Crippen LogP contribution is -2.28. The van der Waals surface area contributed by atoms with Crippen molar-refractivity contribution in [3.8, 4) is 16.9 Å². The van der Waals surface area contributed by atoms with Crippen LogP contribution in [0.1, 0.15) is 5.69 Å². The van der Waals surface area contributed by atoms with Crippen LogP contribution >= 0.6 is 0 Å². The van der Waals surface area contributed by atoms with Gasteiger partial charge in [0.15, 0.2) is 11.9 Å². The molecule has 0 saturated carbocycles. The zero-order chi connectivity index (χ0) is 10.8. The topological polar surface area (TPSA) is 47.2 Å². The minimum atomic E-state index is 0.241. The summed E-state index contributed by atoms with van der Waals surface area (Å²) in [4.78, 5) is 0. The summed E-state index contributed by atoms with van der Waals surface area (Å²) >= 11 is 0. The van der Waals surface area contributed by atoms with E-state index in [2.05, 4.69) is 0 Å². The van der Waals surface area contributed by atoms with E-state index in [4.69, 9.17) is 5.11 Å². The first-order valence-electron chi connectivity index (χ1n) is 4.66. The first kappa shape index (κ1) is 9.52. The van der Waals surface area contributed by atoms with Crippen LogP contribution in [0.25, 0.3) is 11.1 Å². The van der Waals surface area contributed by atoms with Crippen LogP contribution < -0.4 is 4.73 Å². The van der Waals surface area contributed by atoms with Gasteiger partial charge in [0.2, 0.25) is 0 Å². The van der Waals surface area contributed by atoms with E-state index >= 15 is 0 Å². The third-order valence-electron chi connectivity index (χ3n) is 2.30. The summed E-state index contributed by atoms with van der Waals surface area (Å²) in [5, 5.41) is 20.3. The standard InChI is InChI=1S/C12H11NO2/c1-9-8-11(6-7-13(9)15)10-2-4-12(14)5-3-10/h2-8,14H,1H3. The van der Waals surface area contributed by atoms with E-state index in [9.17, 15) is 5.21 Å². The van der Waals surface area contributed by atoms with Gasteiger partial charge in [0, 0.05) is 19.1 Å². The SMILES string of the molecule is Cc1cc(-c2ccc(O)cc2)cc[n+]1[O-]. The van der Waals surface area contributed by atoms with E-state index < -0.39 is 0 Å². The molecular formula is C12H11NO2. The number of benzene rings is 1. The number of aromatic nitrogens is 1. The second-order valence-corrected chi connectivity index (χ2v) is 3.43. The summed E-state index contributed by atoms with van der Waals surface area (Å²) in [6.45, 7) is 1.76. The summed E-state index contributed by atoms with van der Waals surface area (Å²) in [6.07, 6.45) is 1.48. The van der Waals surface area contributed by atoms with Gasteiger partial charge >= 0.3 is 0 Å². The van der Waals surface area contributed by atoms with Crippen molar-refractivity contribution in [2.45, 2.75) is 6.92 Å². The lowest BCUT2D eigenvalue weighted by molar-refractivity contribution is -0.612. The third kappa shape index (κ3) is 1.91. The highest BCUT2D eigenvalue weighted by molar-refractivity contribution is 5.63. The molecule has 0 fully saturated rings. The Morgan fingerprint density at radius 3 is 2.33 bits per heavy atom. The van der Waals surface area contributed by atoms with Crippen molar-refractivity contribution in [2.75, 3.05) is 0 Å². The predicted octanol–water partition coefficient (Wildman–Crippen LogP) is 2.00. The summed E-state index contributed by atoms with van der Waals surface area (Å²) in [7, 11) is 0. The largest absolute Gasteiger partial charge is 0.619 e. The van der Waals surface area contributed by atoms with E-state index in [1.807, 2.05) is 18.2 Å². The zero-order valence-corrected chi connectivity index (χ0v) is 8.34. The third-order valence-corrected chi connectivity index (χ3v) is 2.30. The van der Waals surface area contributed by atoms with Crippen molar-refractivity contribution in [3.63, 3.8) is 0 Å². The van der Waals surface area contributed by atoms with Gasteiger partial charge in [0.25, 0.3) is 0 Å². The minimum Gasteiger partial charge on any atom is -0.619 e. The van der Waals surface area contributed by atoms with Crippen molar-refractivity contribution in [3.05, 3.63) is 53.5 Å². The van der Waals surface area contributed by atoms with Crippen LogP contribution in [0, 0.1) is 12.1 Å². The number of aromatic hydroxyl groups is 1. The summed E-state index contributed by atoms with van der Waals surface area (Å²) in [6, 6.07) is 10.5. The molecule has 1 aromatic carbocycles. The second-order valence-electron chi connectivity index (χ2n) is 3.43. The Kier molecular flexibility index (Phi) is 2.29. The van der Waals surface area contributed by atoms with Crippen molar-refractivity contribution in [1.29, 1.82) is 0 Å². The van der Waals surface area contributed by atoms with Gasteiger partial charge in [-0.05, 0) is 23.3 Å². The maximum absolute atomic E-state index is 11.1. The molecule has 0 saturated heterocycles. The Hall–Kier alpha value is -2.03. The summed E-state index contributed by atoms with van der Waals surface area (Å²) in [5.74, 6) is 0.241. The van der Waals surface area contributed by atoms with Gasteiger partial charge in [-0.25, -0.2) is 0 Å². The van der Waals surface area contributed by atoms with Gasteiger partial charge in [-0.2, -0.15) is 4.73 Å². The number of nitrogens with zero attached hydrogens (tertiary/aromatic N) is 1. The molecular weight excluding hydrogens is 190 g/mol. The highest BCUT2D eigenvalue weighted by Gasteiger charge is 2.03. The van der Waals surface area contributed by atoms with Gasteiger partial charge in [0.1, 0.15) is 5.75 Å². The normalized spacial score (nSPS) is 10.2. The van der Waals surface area contributed by atoms with Crippen molar-refractivity contribution in [1.82, 2.24) is 0 Å². The number of pyridine rings is 1. The Labute approximate surface area is 87.8 Å². The fourth-order valence-electron chi connectivity index (χ4n) is 1.44. The average molecular weight is 201 g/mol. The smallest absolute Gasteiger partial charge is 0.190 e. The molecule has 0 aliphatic heterocycles. The highest BCUT2D eigenvalue weighted by atomic mass is 16.5. The van der Waals surface area contributed by atoms with Crippen LogP contribution in [0.15, 0.2) is 42.6 Å². The Morgan fingerprint density at radius 1 is 1.07 bits per heavy atom. The van der Waals surface area contributed by atoms with Crippen molar-refractivity contribution >= 4 is 0 Å². The average Bonchev–Trinajstić information content (AvgIpc) is 2.23. The molecule has 0 bridgehead atoms. The monoisotopic (exact) mass is 201 g/mol. The van der Waals surface area contributed by atoms with E-state index in [0.29, 0.717) is 5.69 Å². The number of phenolic OH excluding ortho intramolecular Hbond substituents is 1. The lowest BCUT2D eigenvalue weighted by atomic mass is 10.1. The number of phenols is 1. The summed E-state index contributed by atoms with van der Waals surface area (Å²) in [5.41, 5.74) is 2.61. The van der Waals surface area contributed by atoms with E-state index in [-0.39, 0.29) is 5.75 Å². The Bertz CT molecular complexity index is 477. The van der Waals surface area contributed by atoms with Gasteiger partial charge in [0.05, 0.1) is 0 Å². The van der Waals surface area contributed by atoms with Crippen LogP contribution in [0.2, 0.25) is 0 Å². The number of rotatable bonds is 1. The van der Waals surface area contributed by atoms with Gasteiger partial charge < -0.3 is 10.3 Å². The number of hydrogen-bond donors (Lipinski definition) is 1. The molecule has 3 heteroatoms. The quantitative estimate of drug-likeness (QED) is 0.566. The zero-order valence-electron chi connectivity index (χ0n) is 8.34. The Morgan fingerprint density at radius 2 is 1.73 bits per heavy atom. The van der Waals surface area contributed by atoms with E-state index in [1.165, 1.54) is 6.20 Å². The second kappa shape index (κ2) is 3.61. The molecule has 76 valence electrons. The lowest BCUT2D eigenvalue weighted by Gasteiger charge is -2.04. The van der Waals surface area contributed by atoms with Crippen molar-refractivity contribution in [2.24, 2.45) is 0 Å². The van der Waals surface area contributed by atoms with Gasteiger partial charge in [-0.3, -0.25) is 0 Å². The molecule has 3 nitrogen and oxygen atoms in total. The van der Waals surface area contributed by atoms with Crippen LogP contribution in [0.3, 0.4) is 0 Å².